The van der Waals surface area contributed by atoms with Crippen LogP contribution in [-0.4, -0.2) is 48.6 Å². The Bertz CT molecular complexity index is 599. The number of piperidine rings is 1. The van der Waals surface area contributed by atoms with Crippen molar-refractivity contribution in [2.24, 2.45) is 4.99 Å². The zero-order valence-corrected chi connectivity index (χ0v) is 19.1. The molecule has 146 valence electrons. The molecule has 2 aliphatic rings. The second-order valence-corrected chi connectivity index (χ2v) is 7.96. The molecule has 2 fully saturated rings. The number of benzene rings is 1. The van der Waals surface area contributed by atoms with Crippen molar-refractivity contribution in [3.8, 4) is 0 Å². The molecule has 4 nitrogen and oxygen atoms in total. The van der Waals surface area contributed by atoms with E-state index in [1.165, 1.54) is 31.5 Å². The van der Waals surface area contributed by atoms with Gasteiger partial charge in [-0.05, 0) is 57.7 Å². The van der Waals surface area contributed by atoms with Crippen LogP contribution in [0.2, 0.25) is 5.02 Å². The maximum atomic E-state index is 6.12. The predicted octanol–water partition coefficient (Wildman–Crippen LogP) is 4.24. The second kappa shape index (κ2) is 10.1. The van der Waals surface area contributed by atoms with E-state index >= 15 is 0 Å². The van der Waals surface area contributed by atoms with E-state index in [0.29, 0.717) is 24.0 Å². The van der Waals surface area contributed by atoms with Crippen molar-refractivity contribution in [1.29, 1.82) is 0 Å². The summed E-state index contributed by atoms with van der Waals surface area (Å²) < 4.78 is 0. The van der Waals surface area contributed by atoms with Gasteiger partial charge in [0.2, 0.25) is 0 Å². The van der Waals surface area contributed by atoms with Gasteiger partial charge in [0.05, 0.1) is 0 Å². The van der Waals surface area contributed by atoms with Crippen LogP contribution in [0.5, 0.6) is 0 Å². The van der Waals surface area contributed by atoms with E-state index in [1.807, 2.05) is 12.1 Å². The van der Waals surface area contributed by atoms with Crippen molar-refractivity contribution in [2.45, 2.75) is 64.1 Å². The number of aliphatic imine (C=N–C) groups is 1. The van der Waals surface area contributed by atoms with Crippen LogP contribution < -0.4 is 10.6 Å². The van der Waals surface area contributed by atoms with E-state index in [4.69, 9.17) is 11.6 Å². The summed E-state index contributed by atoms with van der Waals surface area (Å²) >= 11 is 6.12. The van der Waals surface area contributed by atoms with Gasteiger partial charge in [-0.3, -0.25) is 4.99 Å². The first-order chi connectivity index (χ1) is 12.1. The van der Waals surface area contributed by atoms with Gasteiger partial charge in [0.1, 0.15) is 0 Å². The van der Waals surface area contributed by atoms with Crippen molar-refractivity contribution >= 4 is 41.5 Å². The van der Waals surface area contributed by atoms with E-state index in [-0.39, 0.29) is 24.0 Å². The van der Waals surface area contributed by atoms with Crippen molar-refractivity contribution < 1.29 is 0 Å². The van der Waals surface area contributed by atoms with Crippen LogP contribution in [0, 0.1) is 0 Å². The van der Waals surface area contributed by atoms with E-state index in [1.54, 1.807) is 0 Å². The number of hydrogen-bond acceptors (Lipinski definition) is 2. The van der Waals surface area contributed by atoms with Crippen molar-refractivity contribution in [2.75, 3.05) is 19.6 Å². The first-order valence-corrected chi connectivity index (χ1v) is 10.0. The molecular formula is C20H32ClIN4. The molecule has 0 spiro atoms. The maximum absolute atomic E-state index is 6.12. The number of guanidine groups is 1. The number of nitrogens with one attached hydrogen (secondary N) is 2. The van der Waals surface area contributed by atoms with Crippen molar-refractivity contribution in [3.63, 3.8) is 0 Å². The smallest absolute Gasteiger partial charge is 0.191 e. The first kappa shape index (κ1) is 21.8. The van der Waals surface area contributed by atoms with E-state index in [9.17, 15) is 0 Å². The lowest BCUT2D eigenvalue weighted by atomic mass is 10.0. The van der Waals surface area contributed by atoms with Crippen LogP contribution in [0.1, 0.15) is 51.5 Å². The zero-order chi connectivity index (χ0) is 17.8. The number of halogens is 2. The number of likely N-dealkylation sites (tertiary alicyclic amines) is 1. The molecule has 2 N–H and O–H groups in total. The van der Waals surface area contributed by atoms with Gasteiger partial charge in [0.15, 0.2) is 5.96 Å². The third kappa shape index (κ3) is 5.99. The molecule has 0 bridgehead atoms. The molecule has 0 radical (unpaired) electrons. The largest absolute Gasteiger partial charge is 0.354 e. The quantitative estimate of drug-likeness (QED) is 0.368. The fourth-order valence-corrected chi connectivity index (χ4v) is 3.88. The molecular weight excluding hydrogens is 459 g/mol. The maximum Gasteiger partial charge on any atom is 0.191 e. The summed E-state index contributed by atoms with van der Waals surface area (Å²) in [6.07, 6.45) is 3.52. The molecule has 1 aliphatic carbocycles. The van der Waals surface area contributed by atoms with Crippen molar-refractivity contribution in [3.05, 3.63) is 34.9 Å². The van der Waals surface area contributed by atoms with E-state index in [0.717, 1.165) is 23.9 Å². The molecule has 1 heterocycles. The molecule has 1 saturated carbocycles. The van der Waals surface area contributed by atoms with Crippen LogP contribution in [0.4, 0.5) is 0 Å². The highest BCUT2D eigenvalue weighted by Gasteiger charge is 2.39. The molecule has 3 rings (SSSR count). The van der Waals surface area contributed by atoms with Gasteiger partial charge in [-0.2, -0.15) is 0 Å². The fourth-order valence-electron chi connectivity index (χ4n) is 3.68. The predicted molar refractivity (Wildman–Crippen MR) is 122 cm³/mol. The Morgan fingerprint density at radius 3 is 2.62 bits per heavy atom. The van der Waals surface area contributed by atoms with E-state index < -0.39 is 0 Å². The fraction of sp³-hybridized carbons (Fsp3) is 0.650. The standard InChI is InChI=1S/C20H31ClN4.HI/c1-4-22-20(23-17-8-10-25(11-9-17)14(2)3)24-19-13-18(19)15-6-5-7-16(21)12-15;/h5-7,12,14,17-19H,4,8-11,13H2,1-3H3,(H2,22,23,24);1H. The lowest BCUT2D eigenvalue weighted by molar-refractivity contribution is 0.167. The molecule has 0 amide bonds. The Hall–Kier alpha value is -0.530. The number of hydrogen-bond donors (Lipinski definition) is 2. The van der Waals surface area contributed by atoms with Crippen LogP contribution in [0.3, 0.4) is 0 Å². The molecule has 1 aromatic rings. The molecule has 1 aliphatic heterocycles. The Balaban J connectivity index is 0.00000243. The van der Waals surface area contributed by atoms with Crippen LogP contribution in [-0.2, 0) is 0 Å². The highest BCUT2D eigenvalue weighted by Crippen LogP contribution is 2.41. The summed E-state index contributed by atoms with van der Waals surface area (Å²) in [4.78, 5) is 7.21. The zero-order valence-electron chi connectivity index (χ0n) is 16.0. The average Bonchev–Trinajstić information content (AvgIpc) is 3.35. The molecule has 2 unspecified atom stereocenters. The SMILES string of the molecule is CCN=C(NC1CCN(C(C)C)CC1)NC1CC1c1cccc(Cl)c1.I. The monoisotopic (exact) mass is 490 g/mol. The van der Waals surface area contributed by atoms with E-state index in [2.05, 4.69) is 53.4 Å². The Morgan fingerprint density at radius 2 is 2.00 bits per heavy atom. The third-order valence-corrected chi connectivity index (χ3v) is 5.54. The van der Waals surface area contributed by atoms with Gasteiger partial charge in [-0.1, -0.05) is 23.7 Å². The summed E-state index contributed by atoms with van der Waals surface area (Å²) in [7, 11) is 0. The summed E-state index contributed by atoms with van der Waals surface area (Å²) in [5.74, 6) is 1.52. The van der Waals surface area contributed by atoms with Crippen LogP contribution >= 0.6 is 35.6 Å². The molecule has 0 aromatic heterocycles. The highest BCUT2D eigenvalue weighted by atomic mass is 127. The minimum atomic E-state index is 0. The van der Waals surface area contributed by atoms with Crippen LogP contribution in [0.15, 0.2) is 29.3 Å². The highest BCUT2D eigenvalue weighted by molar-refractivity contribution is 14.0. The minimum Gasteiger partial charge on any atom is -0.354 e. The van der Waals surface area contributed by atoms with Crippen LogP contribution in [0.25, 0.3) is 0 Å². The lowest BCUT2D eigenvalue weighted by Crippen LogP contribution is -2.50. The lowest BCUT2D eigenvalue weighted by Gasteiger charge is -2.35. The topological polar surface area (TPSA) is 39.7 Å². The minimum absolute atomic E-state index is 0. The second-order valence-electron chi connectivity index (χ2n) is 7.52. The Labute approximate surface area is 180 Å². The summed E-state index contributed by atoms with van der Waals surface area (Å²) in [6.45, 7) is 9.79. The van der Waals surface area contributed by atoms with Gasteiger partial charge in [-0.15, -0.1) is 24.0 Å². The summed E-state index contributed by atoms with van der Waals surface area (Å²) in [5, 5.41) is 8.10. The van der Waals surface area contributed by atoms with Gasteiger partial charge < -0.3 is 15.5 Å². The third-order valence-electron chi connectivity index (χ3n) is 5.31. The summed E-state index contributed by atoms with van der Waals surface area (Å²) in [5.41, 5.74) is 1.33. The van der Waals surface area contributed by atoms with Gasteiger partial charge >= 0.3 is 0 Å². The molecule has 1 saturated heterocycles. The average molecular weight is 491 g/mol. The van der Waals surface area contributed by atoms with Gasteiger partial charge in [0, 0.05) is 48.7 Å². The Kier molecular flexibility index (Phi) is 8.48. The van der Waals surface area contributed by atoms with Crippen molar-refractivity contribution in [1.82, 2.24) is 15.5 Å². The number of rotatable bonds is 5. The Morgan fingerprint density at radius 1 is 1.27 bits per heavy atom. The number of nitrogens with zero attached hydrogens (tertiary/aromatic N) is 2. The van der Waals surface area contributed by atoms with Gasteiger partial charge in [-0.25, -0.2) is 0 Å². The molecule has 26 heavy (non-hydrogen) atoms. The normalized spacial score (nSPS) is 24.3. The summed E-state index contributed by atoms with van der Waals surface area (Å²) in [6, 6.07) is 9.86. The first-order valence-electron chi connectivity index (χ1n) is 9.63. The molecule has 2 atom stereocenters. The van der Waals surface area contributed by atoms with Gasteiger partial charge in [0.25, 0.3) is 0 Å². The molecule has 1 aromatic carbocycles. The molecule has 6 heteroatoms.